The standard InChI is InChI=1S/C48H94N20O11/c1-26(2)23-34(42(75)66-33(45(78)79)15-7-9-19-50)62-36(70)25-61-39(72)30(16-11-21-59-47(54)55)63-40(73)31(14-6-8-18-49)64-41(74)32(17-12-22-60-48(56)57)65-44(77)37(28(5)69)68-43(76)35(24-27(3)4)67-38(71)29(51)13-10-20-58-46(52)53/h26-35,37,69H,6-25,49-51H2,1-5H3,(H,61,72)(H,62,70)(H,63,73)(H,64,74)(H,65,77)(H,66,75)(H,67,71)(H,68,76)(H,78,79)(H4,52,53,58)(H4,54,55,59)(H4,56,57,60)/t28-,29+,30+,31+,32+,33+,34+,35+,37+/m1/s1. The molecule has 9 atom stereocenters. The lowest BCUT2D eigenvalue weighted by Gasteiger charge is -2.29. The Bertz CT molecular complexity index is 1980. The van der Waals surface area contributed by atoms with Gasteiger partial charge in [0.1, 0.15) is 42.3 Å². The lowest BCUT2D eigenvalue weighted by Crippen LogP contribution is -2.61. The summed E-state index contributed by atoms with van der Waals surface area (Å²) in [4.78, 5) is 122. The fourth-order valence-corrected chi connectivity index (χ4v) is 7.74. The number of carbonyl (C=O) groups is 9. The number of aliphatic hydroxyl groups excluding tert-OH is 1. The summed E-state index contributed by atoms with van der Waals surface area (Å²) in [6.45, 7) is 8.71. The number of carboxylic acids is 1. The SMILES string of the molecule is CC(C)C[C@H](NC(=O)CNC(=O)[C@H](CCCNC(=N)N)NC(=O)[C@H](CCCCN)NC(=O)[C@H](CCCNC(=N)N)NC(=O)[C@@H](NC(=O)[C@H](CC(C)C)NC(=O)[C@@H](N)CCCNC(=N)N)[C@@H](C)O)C(=O)N[C@@H](CCCCN)C(=O)O. The number of nitrogens with two attached hydrogens (primary N) is 6. The number of hydrogen-bond donors (Lipinski definition) is 22. The molecule has 31 heteroatoms. The van der Waals surface area contributed by atoms with Gasteiger partial charge in [-0.3, -0.25) is 54.6 Å². The molecule has 0 aromatic heterocycles. The van der Waals surface area contributed by atoms with Crippen LogP contribution in [0.2, 0.25) is 0 Å². The average molecular weight is 1130 g/mol. The van der Waals surface area contributed by atoms with Crippen LogP contribution in [-0.4, -0.2) is 175 Å². The Morgan fingerprint density at radius 1 is 0.430 bits per heavy atom. The summed E-state index contributed by atoms with van der Waals surface area (Å²) in [5, 5.41) is 71.0. The van der Waals surface area contributed by atoms with Crippen LogP contribution in [0.3, 0.4) is 0 Å². The molecule has 8 amide bonds. The van der Waals surface area contributed by atoms with Crippen molar-refractivity contribution in [2.24, 2.45) is 46.2 Å². The zero-order valence-corrected chi connectivity index (χ0v) is 46.5. The molecule has 0 rings (SSSR count). The van der Waals surface area contributed by atoms with Crippen molar-refractivity contribution in [3.63, 3.8) is 0 Å². The van der Waals surface area contributed by atoms with Crippen LogP contribution >= 0.6 is 0 Å². The Morgan fingerprint density at radius 2 is 0.785 bits per heavy atom. The highest BCUT2D eigenvalue weighted by Crippen LogP contribution is 2.11. The second-order valence-corrected chi connectivity index (χ2v) is 20.1. The van der Waals surface area contributed by atoms with E-state index in [0.29, 0.717) is 38.6 Å². The fourth-order valence-electron chi connectivity index (χ4n) is 7.74. The maximum Gasteiger partial charge on any atom is 0.326 e. The van der Waals surface area contributed by atoms with Gasteiger partial charge in [-0.1, -0.05) is 27.7 Å². The summed E-state index contributed by atoms with van der Waals surface area (Å²) < 4.78 is 0. The van der Waals surface area contributed by atoms with Crippen molar-refractivity contribution in [3.8, 4) is 0 Å². The van der Waals surface area contributed by atoms with Crippen LogP contribution in [0.1, 0.15) is 125 Å². The Balaban J connectivity index is 6.65. The smallest absolute Gasteiger partial charge is 0.326 e. The zero-order chi connectivity index (χ0) is 60.2. The predicted molar refractivity (Wildman–Crippen MR) is 296 cm³/mol. The van der Waals surface area contributed by atoms with Crippen molar-refractivity contribution in [2.45, 2.75) is 179 Å². The van der Waals surface area contributed by atoms with Gasteiger partial charge in [0.2, 0.25) is 47.3 Å². The molecule has 0 aromatic carbocycles. The lowest BCUT2D eigenvalue weighted by atomic mass is 10.0. The van der Waals surface area contributed by atoms with E-state index in [2.05, 4.69) is 58.5 Å². The lowest BCUT2D eigenvalue weighted by molar-refractivity contribution is -0.142. The fraction of sp³-hybridized carbons (Fsp3) is 0.750. The first-order valence-electron chi connectivity index (χ1n) is 26.8. The highest BCUT2D eigenvalue weighted by Gasteiger charge is 2.35. The van der Waals surface area contributed by atoms with E-state index in [4.69, 9.17) is 50.6 Å². The molecule has 0 fully saturated rings. The van der Waals surface area contributed by atoms with E-state index in [-0.39, 0.29) is 114 Å². The molecule has 452 valence electrons. The van der Waals surface area contributed by atoms with E-state index in [1.165, 1.54) is 6.92 Å². The molecule has 0 saturated heterocycles. The third-order valence-electron chi connectivity index (χ3n) is 11.9. The number of aliphatic hydroxyl groups is 1. The van der Waals surface area contributed by atoms with Crippen molar-refractivity contribution in [3.05, 3.63) is 0 Å². The van der Waals surface area contributed by atoms with Gasteiger partial charge in [0.25, 0.3) is 0 Å². The van der Waals surface area contributed by atoms with Gasteiger partial charge in [-0.05, 0) is 122 Å². The summed E-state index contributed by atoms with van der Waals surface area (Å²) in [6, 6.07) is -10.5. The van der Waals surface area contributed by atoms with Gasteiger partial charge in [0.05, 0.1) is 18.7 Å². The summed E-state index contributed by atoms with van der Waals surface area (Å²) in [5.74, 6) is -9.20. The second kappa shape index (κ2) is 40.1. The summed E-state index contributed by atoms with van der Waals surface area (Å²) >= 11 is 0. The molecule has 0 heterocycles. The minimum Gasteiger partial charge on any atom is -0.480 e. The number of amides is 8. The third kappa shape index (κ3) is 33.0. The molecule has 31 nitrogen and oxygen atoms in total. The highest BCUT2D eigenvalue weighted by molar-refractivity contribution is 5.97. The van der Waals surface area contributed by atoms with Gasteiger partial charge >= 0.3 is 5.97 Å². The van der Waals surface area contributed by atoms with Crippen LogP contribution in [0.5, 0.6) is 0 Å². The minimum atomic E-state index is -1.68. The number of guanidine groups is 3. The molecule has 0 aliphatic carbocycles. The van der Waals surface area contributed by atoms with E-state index >= 15 is 0 Å². The molecule has 0 saturated carbocycles. The van der Waals surface area contributed by atoms with Crippen LogP contribution in [0.25, 0.3) is 0 Å². The van der Waals surface area contributed by atoms with Gasteiger partial charge in [-0.2, -0.15) is 0 Å². The van der Waals surface area contributed by atoms with E-state index in [0.717, 1.165) is 0 Å². The van der Waals surface area contributed by atoms with Crippen LogP contribution in [-0.2, 0) is 43.2 Å². The number of hydrogen-bond acceptors (Lipinski definition) is 16. The molecule has 0 aliphatic rings. The van der Waals surface area contributed by atoms with Crippen molar-refractivity contribution in [1.82, 2.24) is 58.5 Å². The number of nitrogens with one attached hydrogen (secondary N) is 14. The van der Waals surface area contributed by atoms with Crippen molar-refractivity contribution in [1.29, 1.82) is 16.2 Å². The van der Waals surface area contributed by atoms with E-state index in [1.807, 2.05) is 0 Å². The number of carbonyl (C=O) groups excluding carboxylic acids is 8. The highest BCUT2D eigenvalue weighted by atomic mass is 16.4. The van der Waals surface area contributed by atoms with Gasteiger partial charge < -0.3 is 103 Å². The molecule has 0 bridgehead atoms. The van der Waals surface area contributed by atoms with Crippen LogP contribution < -0.4 is 92.9 Å². The van der Waals surface area contributed by atoms with Gasteiger partial charge in [-0.15, -0.1) is 0 Å². The topological polar surface area (TPSA) is 554 Å². The number of carboxylic acid groups (broad SMARTS) is 1. The molecule has 0 unspecified atom stereocenters. The summed E-state index contributed by atoms with van der Waals surface area (Å²) in [5.41, 5.74) is 33.5. The Hall–Kier alpha value is -7.12. The first kappa shape index (κ1) is 71.9. The molecule has 0 aliphatic heterocycles. The summed E-state index contributed by atoms with van der Waals surface area (Å²) in [6.07, 6.45) is 1.06. The Morgan fingerprint density at radius 3 is 1.20 bits per heavy atom. The normalized spacial score (nSPS) is 14.5. The monoisotopic (exact) mass is 1130 g/mol. The molecular formula is C48H94N20O11. The molecular weight excluding hydrogens is 1030 g/mol. The van der Waals surface area contributed by atoms with Gasteiger partial charge in [-0.25, -0.2) is 4.79 Å². The van der Waals surface area contributed by atoms with E-state index in [1.54, 1.807) is 27.7 Å². The quantitative estimate of drug-likeness (QED) is 0.0154. The second-order valence-electron chi connectivity index (χ2n) is 20.1. The molecule has 79 heavy (non-hydrogen) atoms. The maximum atomic E-state index is 14.3. The van der Waals surface area contributed by atoms with E-state index < -0.39 is 114 Å². The van der Waals surface area contributed by atoms with E-state index in [9.17, 15) is 53.4 Å². The molecule has 28 N–H and O–H groups in total. The largest absolute Gasteiger partial charge is 0.480 e. The Labute approximate surface area is 462 Å². The first-order valence-corrected chi connectivity index (χ1v) is 26.8. The minimum absolute atomic E-state index is 0.0205. The summed E-state index contributed by atoms with van der Waals surface area (Å²) in [7, 11) is 0. The zero-order valence-electron chi connectivity index (χ0n) is 46.5. The molecule has 0 aromatic rings. The molecule has 0 spiro atoms. The van der Waals surface area contributed by atoms with Crippen LogP contribution in [0.15, 0.2) is 0 Å². The van der Waals surface area contributed by atoms with Crippen LogP contribution in [0, 0.1) is 28.1 Å². The number of aliphatic carboxylic acids is 1. The Kier molecular flexibility index (Phi) is 36.5. The van der Waals surface area contributed by atoms with Crippen molar-refractivity contribution >= 4 is 71.1 Å². The maximum absolute atomic E-state index is 14.3. The predicted octanol–water partition coefficient (Wildman–Crippen LogP) is -5.57. The van der Waals surface area contributed by atoms with Crippen LogP contribution in [0.4, 0.5) is 0 Å². The van der Waals surface area contributed by atoms with Gasteiger partial charge in [0, 0.05) is 19.6 Å². The van der Waals surface area contributed by atoms with Crippen molar-refractivity contribution < 1.29 is 53.4 Å². The third-order valence-corrected chi connectivity index (χ3v) is 11.9. The number of unbranched alkanes of at least 4 members (excludes halogenated alkanes) is 2. The molecule has 0 radical (unpaired) electrons. The average Bonchev–Trinajstić information content (AvgIpc) is 3.35. The van der Waals surface area contributed by atoms with Crippen molar-refractivity contribution in [2.75, 3.05) is 39.3 Å². The van der Waals surface area contributed by atoms with Gasteiger partial charge in [0.15, 0.2) is 17.9 Å². The first-order chi connectivity index (χ1) is 37.1. The number of rotatable bonds is 42.